The number of aromatic nitrogens is 2. The summed E-state index contributed by atoms with van der Waals surface area (Å²) >= 11 is 0. The molecule has 0 amide bonds. The first-order chi connectivity index (χ1) is 11.6. The Labute approximate surface area is 148 Å². The van der Waals surface area contributed by atoms with E-state index in [2.05, 4.69) is 38.8 Å². The molecule has 0 bridgehead atoms. The highest BCUT2D eigenvalue weighted by molar-refractivity contribution is 6.74. The van der Waals surface area contributed by atoms with Crippen molar-refractivity contribution in [3.63, 3.8) is 0 Å². The van der Waals surface area contributed by atoms with Gasteiger partial charge >= 0.3 is 5.95 Å². The van der Waals surface area contributed by atoms with E-state index >= 15 is 0 Å². The molecule has 136 valence electrons. The average Bonchev–Trinajstić information content (AvgIpc) is 3.01. The number of nitrogens with zero attached hydrogens (tertiary/aromatic N) is 3. The van der Waals surface area contributed by atoms with Gasteiger partial charge in [-0.1, -0.05) is 25.8 Å². The van der Waals surface area contributed by atoms with Crippen LogP contribution in [0.15, 0.2) is 36.7 Å². The molecule has 0 aliphatic carbocycles. The minimum absolute atomic E-state index is 0.175. The van der Waals surface area contributed by atoms with Gasteiger partial charge in [0.25, 0.3) is 0 Å². The van der Waals surface area contributed by atoms with Gasteiger partial charge in [0.15, 0.2) is 8.32 Å². The highest BCUT2D eigenvalue weighted by Gasteiger charge is 2.36. The van der Waals surface area contributed by atoms with Crippen LogP contribution in [0.1, 0.15) is 20.8 Å². The molecular formula is C17H25N3O4Si. The lowest BCUT2D eigenvalue weighted by Crippen LogP contribution is -2.41. The van der Waals surface area contributed by atoms with Gasteiger partial charge < -0.3 is 19.3 Å². The summed E-state index contributed by atoms with van der Waals surface area (Å²) in [6, 6.07) is 7.09. The van der Waals surface area contributed by atoms with Crippen LogP contribution < -0.4 is 4.74 Å². The second-order valence-corrected chi connectivity index (χ2v) is 12.1. The average molecular weight is 363 g/mol. The van der Waals surface area contributed by atoms with Gasteiger partial charge in [0.05, 0.1) is 6.61 Å². The molecule has 0 unspecified atom stereocenters. The van der Waals surface area contributed by atoms with Crippen molar-refractivity contribution < 1.29 is 14.1 Å². The molecule has 0 atom stereocenters. The number of hydrogen-bond acceptors (Lipinski definition) is 5. The molecule has 1 aromatic carbocycles. The molecule has 0 saturated heterocycles. The zero-order valence-corrected chi connectivity index (χ0v) is 16.4. The maximum Gasteiger partial charge on any atom is 0.439 e. The van der Waals surface area contributed by atoms with Crippen molar-refractivity contribution in [2.45, 2.75) is 38.9 Å². The molecule has 2 aromatic rings. The number of ether oxygens (including phenoxy) is 1. The van der Waals surface area contributed by atoms with Crippen molar-refractivity contribution in [2.24, 2.45) is 0 Å². The maximum absolute atomic E-state index is 10.9. The summed E-state index contributed by atoms with van der Waals surface area (Å²) in [6.45, 7) is 12.0. The number of benzene rings is 1. The van der Waals surface area contributed by atoms with Crippen molar-refractivity contribution in [3.8, 4) is 11.4 Å². The molecule has 8 heteroatoms. The van der Waals surface area contributed by atoms with Crippen LogP contribution in [0.5, 0.6) is 5.75 Å². The fourth-order valence-corrected chi connectivity index (χ4v) is 3.03. The van der Waals surface area contributed by atoms with Crippen molar-refractivity contribution in [1.29, 1.82) is 0 Å². The SMILES string of the molecule is CC(C)(C)[Si](C)(C)OCCOc1ccc(-n2ccnc2[N+](=O)[O-])cc1. The molecular weight excluding hydrogens is 338 g/mol. The van der Waals surface area contributed by atoms with E-state index in [4.69, 9.17) is 9.16 Å². The Morgan fingerprint density at radius 1 is 1.20 bits per heavy atom. The minimum Gasteiger partial charge on any atom is -0.491 e. The standard InChI is InChI=1S/C17H25N3O4Si/c1-17(2,3)25(4,5)24-13-12-23-15-8-6-14(7-9-15)19-11-10-18-16(19)20(21)22/h6-11H,12-13H2,1-5H3. The Hall–Kier alpha value is -2.19. The van der Waals surface area contributed by atoms with Crippen molar-refractivity contribution in [3.05, 3.63) is 46.8 Å². The topological polar surface area (TPSA) is 79.4 Å². The summed E-state index contributed by atoms with van der Waals surface area (Å²) in [4.78, 5) is 14.2. The van der Waals surface area contributed by atoms with Gasteiger partial charge in [-0.25, -0.2) is 0 Å². The van der Waals surface area contributed by atoms with Gasteiger partial charge in [0.2, 0.25) is 0 Å². The van der Waals surface area contributed by atoms with Crippen LogP contribution >= 0.6 is 0 Å². The molecule has 0 radical (unpaired) electrons. The lowest BCUT2D eigenvalue weighted by atomic mass is 10.2. The molecule has 0 spiro atoms. The van der Waals surface area contributed by atoms with Crippen LogP contribution in [0.25, 0.3) is 5.69 Å². The van der Waals surface area contributed by atoms with Gasteiger partial charge in [-0.15, -0.1) is 0 Å². The molecule has 1 heterocycles. The Morgan fingerprint density at radius 2 is 1.84 bits per heavy atom. The largest absolute Gasteiger partial charge is 0.491 e. The summed E-state index contributed by atoms with van der Waals surface area (Å²) in [7, 11) is -1.76. The Morgan fingerprint density at radius 3 is 2.40 bits per heavy atom. The molecule has 0 fully saturated rings. The van der Waals surface area contributed by atoms with Crippen molar-refractivity contribution >= 4 is 14.3 Å². The van der Waals surface area contributed by atoms with Crippen molar-refractivity contribution in [1.82, 2.24) is 9.55 Å². The maximum atomic E-state index is 10.9. The predicted molar refractivity (Wildman–Crippen MR) is 98.9 cm³/mol. The van der Waals surface area contributed by atoms with E-state index in [0.717, 1.165) is 0 Å². The summed E-state index contributed by atoms with van der Waals surface area (Å²) in [5, 5.41) is 11.1. The third-order valence-electron chi connectivity index (χ3n) is 4.52. The molecule has 0 aliphatic rings. The van der Waals surface area contributed by atoms with Gasteiger partial charge in [-0.3, -0.25) is 0 Å². The number of nitro groups is 1. The lowest BCUT2D eigenvalue weighted by molar-refractivity contribution is -0.395. The molecule has 0 saturated carbocycles. The van der Waals surface area contributed by atoms with E-state index in [0.29, 0.717) is 24.7 Å². The molecule has 25 heavy (non-hydrogen) atoms. The predicted octanol–water partition coefficient (Wildman–Crippen LogP) is 4.18. The third-order valence-corrected chi connectivity index (χ3v) is 9.06. The highest BCUT2D eigenvalue weighted by atomic mass is 28.4. The Bertz CT molecular complexity index is 720. The second-order valence-electron chi connectivity index (χ2n) is 7.31. The zero-order chi connectivity index (χ0) is 18.7. The first-order valence-corrected chi connectivity index (χ1v) is 11.1. The van der Waals surface area contributed by atoms with E-state index in [9.17, 15) is 10.1 Å². The second kappa shape index (κ2) is 7.36. The molecule has 0 aliphatic heterocycles. The minimum atomic E-state index is -1.76. The van der Waals surface area contributed by atoms with Crippen LogP contribution in [0.3, 0.4) is 0 Å². The third kappa shape index (κ3) is 4.67. The fourth-order valence-electron chi connectivity index (χ4n) is 2.01. The first kappa shape index (κ1) is 19.1. The van der Waals surface area contributed by atoms with Gasteiger partial charge in [0, 0.05) is 0 Å². The van der Waals surface area contributed by atoms with E-state index in [-0.39, 0.29) is 11.0 Å². The van der Waals surface area contributed by atoms with Crippen LogP contribution in [-0.2, 0) is 4.43 Å². The molecule has 0 N–H and O–H groups in total. The van der Waals surface area contributed by atoms with Crippen molar-refractivity contribution in [2.75, 3.05) is 13.2 Å². The van der Waals surface area contributed by atoms with Gasteiger partial charge in [0.1, 0.15) is 30.4 Å². The summed E-state index contributed by atoms with van der Waals surface area (Å²) in [6.07, 6.45) is 2.96. The summed E-state index contributed by atoms with van der Waals surface area (Å²) < 4.78 is 13.2. The van der Waals surface area contributed by atoms with Crippen LogP contribution in [0.4, 0.5) is 5.95 Å². The van der Waals surface area contributed by atoms with Crippen LogP contribution in [0.2, 0.25) is 18.1 Å². The Balaban J connectivity index is 1.91. The van der Waals surface area contributed by atoms with E-state index < -0.39 is 13.2 Å². The number of hydrogen-bond donors (Lipinski definition) is 0. The zero-order valence-electron chi connectivity index (χ0n) is 15.4. The van der Waals surface area contributed by atoms with E-state index in [1.807, 2.05) is 0 Å². The quantitative estimate of drug-likeness (QED) is 0.319. The smallest absolute Gasteiger partial charge is 0.439 e. The highest BCUT2D eigenvalue weighted by Crippen LogP contribution is 2.36. The fraction of sp³-hybridized carbons (Fsp3) is 0.471. The summed E-state index contributed by atoms with van der Waals surface area (Å²) in [5.74, 6) is 0.488. The van der Waals surface area contributed by atoms with E-state index in [1.54, 1.807) is 30.5 Å². The normalized spacial score (nSPS) is 12.2. The van der Waals surface area contributed by atoms with Gasteiger partial charge in [-0.05, 0) is 47.3 Å². The first-order valence-electron chi connectivity index (χ1n) is 8.17. The molecule has 7 nitrogen and oxygen atoms in total. The van der Waals surface area contributed by atoms with E-state index in [1.165, 1.54) is 10.8 Å². The number of rotatable bonds is 7. The summed E-state index contributed by atoms with van der Waals surface area (Å²) in [5.41, 5.74) is 0.661. The van der Waals surface area contributed by atoms with Crippen LogP contribution in [0, 0.1) is 10.1 Å². The number of imidazole rings is 1. The Kier molecular flexibility index (Phi) is 5.64. The van der Waals surface area contributed by atoms with Crippen LogP contribution in [-0.4, -0.2) is 36.0 Å². The molecule has 2 rings (SSSR count). The monoisotopic (exact) mass is 363 g/mol. The van der Waals surface area contributed by atoms with Gasteiger partial charge in [-0.2, -0.15) is 4.57 Å². The molecule has 1 aromatic heterocycles. The lowest BCUT2D eigenvalue weighted by Gasteiger charge is -2.36.